The Balaban J connectivity index is 1.98. The lowest BCUT2D eigenvalue weighted by Crippen LogP contribution is -2.28. The van der Waals surface area contributed by atoms with Crippen LogP contribution in [-0.4, -0.2) is 33.7 Å². The van der Waals surface area contributed by atoms with E-state index >= 15 is 0 Å². The molecule has 132 valence electrons. The molecular weight excluding hydrogens is 322 g/mol. The molecule has 2 aliphatic rings. The maximum atomic E-state index is 11.8. The minimum Gasteiger partial charge on any atom is -0.398 e. The Labute approximate surface area is 144 Å². The summed E-state index contributed by atoms with van der Waals surface area (Å²) in [7, 11) is 0. The van der Waals surface area contributed by atoms with Crippen molar-refractivity contribution >= 4 is 34.4 Å². The van der Waals surface area contributed by atoms with Crippen LogP contribution in [0.25, 0.3) is 10.8 Å². The van der Waals surface area contributed by atoms with Gasteiger partial charge < -0.3 is 25.5 Å². The van der Waals surface area contributed by atoms with Gasteiger partial charge >= 0.3 is 0 Å². The Morgan fingerprint density at radius 2 is 2.24 bits per heavy atom. The molecule has 2 aliphatic heterocycles. The maximum Gasteiger partial charge on any atom is 0.273 e. The topological polar surface area (TPSA) is 115 Å². The normalized spacial score (nSPS) is 26.8. The summed E-state index contributed by atoms with van der Waals surface area (Å²) in [5.74, 6) is 1.23. The molecule has 3 atom stereocenters. The second-order valence-corrected chi connectivity index (χ2v) is 7.27. The first-order chi connectivity index (χ1) is 11.8. The van der Waals surface area contributed by atoms with Crippen molar-refractivity contribution in [2.75, 3.05) is 17.7 Å². The molecule has 0 aromatic carbocycles. The van der Waals surface area contributed by atoms with Crippen LogP contribution in [0, 0.1) is 11.3 Å². The first kappa shape index (κ1) is 16.0. The van der Waals surface area contributed by atoms with Gasteiger partial charge in [0.1, 0.15) is 17.9 Å². The minimum atomic E-state index is -0.407. The molecule has 8 heteroatoms. The van der Waals surface area contributed by atoms with Gasteiger partial charge in [-0.2, -0.15) is 4.98 Å². The van der Waals surface area contributed by atoms with Crippen LogP contribution in [0.2, 0.25) is 0 Å². The van der Waals surface area contributed by atoms with Crippen LogP contribution in [0.1, 0.15) is 27.0 Å². The molecule has 0 radical (unpaired) electrons. The lowest BCUT2D eigenvalue weighted by molar-refractivity contribution is -0.0462. The van der Waals surface area contributed by atoms with E-state index in [-0.39, 0.29) is 30.3 Å². The number of hydrogen-bond donors (Lipinski definition) is 3. The van der Waals surface area contributed by atoms with E-state index in [0.29, 0.717) is 28.1 Å². The van der Waals surface area contributed by atoms with Gasteiger partial charge in [0.2, 0.25) is 0 Å². The molecule has 2 aromatic heterocycles. The highest BCUT2D eigenvalue weighted by atomic mass is 16.5. The van der Waals surface area contributed by atoms with E-state index in [4.69, 9.17) is 10.5 Å². The summed E-state index contributed by atoms with van der Waals surface area (Å²) in [5.41, 5.74) is 5.81. The number of ether oxygens (including phenoxy) is 1. The van der Waals surface area contributed by atoms with Gasteiger partial charge in [0.25, 0.3) is 5.56 Å². The van der Waals surface area contributed by atoms with E-state index in [2.05, 4.69) is 36.1 Å². The predicted octanol–water partition coefficient (Wildman–Crippen LogP) is 1.62. The summed E-state index contributed by atoms with van der Waals surface area (Å²) in [6.45, 7) is 6.26. The van der Waals surface area contributed by atoms with Crippen molar-refractivity contribution in [1.82, 2.24) is 9.55 Å². The van der Waals surface area contributed by atoms with Gasteiger partial charge in [-0.05, 0) is 5.92 Å². The Morgan fingerprint density at radius 1 is 1.48 bits per heavy atom. The quantitative estimate of drug-likeness (QED) is 0.763. The fourth-order valence-electron chi connectivity index (χ4n) is 3.73. The standard InChI is InChI=1S/C17H21N5O3/c1-8-11(6-23)25-16(17(8,2)3)22-5-9-10(18)4-12(24)21-14-13(9)15(22)20-7-19-14/h4-5,7-8,11,16,23H,6,18H2,1-3H3,(H,19,20,21,24)/t8-,11-,16-/m1/s1. The van der Waals surface area contributed by atoms with Gasteiger partial charge in [-0.3, -0.25) is 4.79 Å². The third-order valence-corrected chi connectivity index (χ3v) is 5.55. The molecular formula is C17H21N5O3. The van der Waals surface area contributed by atoms with Crippen molar-refractivity contribution in [2.45, 2.75) is 33.1 Å². The molecule has 4 rings (SSSR count). The Kier molecular flexibility index (Phi) is 3.38. The first-order valence-electron chi connectivity index (χ1n) is 8.25. The van der Waals surface area contributed by atoms with E-state index in [9.17, 15) is 9.90 Å². The van der Waals surface area contributed by atoms with Crippen LogP contribution >= 0.6 is 0 Å². The van der Waals surface area contributed by atoms with Gasteiger partial charge in [-0.1, -0.05) is 20.8 Å². The molecule has 0 bridgehead atoms. The fraction of sp³-hybridized carbons (Fsp3) is 0.471. The molecule has 0 aliphatic carbocycles. The smallest absolute Gasteiger partial charge is 0.273 e. The van der Waals surface area contributed by atoms with Gasteiger partial charge in [0.15, 0.2) is 0 Å². The number of nitrogens with zero attached hydrogens (tertiary/aromatic N) is 3. The molecule has 25 heavy (non-hydrogen) atoms. The molecule has 1 saturated heterocycles. The number of nitrogens with one attached hydrogen (secondary N) is 1. The summed E-state index contributed by atoms with van der Waals surface area (Å²) < 4.78 is 8.07. The van der Waals surface area contributed by atoms with Gasteiger partial charge in [0.05, 0.1) is 24.4 Å². The number of anilines is 2. The Morgan fingerprint density at radius 3 is 2.92 bits per heavy atom. The van der Waals surface area contributed by atoms with Crippen LogP contribution in [0.3, 0.4) is 0 Å². The number of hydrogen-bond acceptors (Lipinski definition) is 7. The van der Waals surface area contributed by atoms with E-state index in [1.54, 1.807) is 0 Å². The Hall–Kier alpha value is -2.45. The SMILES string of the molecule is C[C@@H]1[C@@H](CO)O[C@@H](n2cc3c(N)cc(=O)nc4c3c2N=CN4)C1(C)C. The molecule has 4 N–H and O–H groups in total. The molecule has 0 saturated carbocycles. The van der Waals surface area contributed by atoms with Crippen LogP contribution in [0.4, 0.5) is 17.3 Å². The molecule has 2 aromatic rings. The summed E-state index contributed by atoms with van der Waals surface area (Å²) in [4.78, 5) is 20.3. The summed E-state index contributed by atoms with van der Waals surface area (Å²) in [5, 5.41) is 13.9. The number of nitrogens with two attached hydrogens (primary N) is 1. The third-order valence-electron chi connectivity index (χ3n) is 5.55. The second-order valence-electron chi connectivity index (χ2n) is 7.27. The van der Waals surface area contributed by atoms with Crippen molar-refractivity contribution in [3.8, 4) is 0 Å². The van der Waals surface area contributed by atoms with E-state index < -0.39 is 5.56 Å². The summed E-state index contributed by atoms with van der Waals surface area (Å²) in [6.07, 6.45) is 2.79. The van der Waals surface area contributed by atoms with Crippen LogP contribution < -0.4 is 16.6 Å². The highest BCUT2D eigenvalue weighted by molar-refractivity contribution is 6.10. The zero-order valence-corrected chi connectivity index (χ0v) is 14.4. The molecule has 8 nitrogen and oxygen atoms in total. The molecule has 0 unspecified atom stereocenters. The molecule has 0 spiro atoms. The van der Waals surface area contributed by atoms with Gasteiger partial charge in [-0.15, -0.1) is 0 Å². The number of aliphatic imine (C=N–C) groups is 1. The average Bonchev–Trinajstić information content (AvgIpc) is 3.00. The van der Waals surface area contributed by atoms with Crippen LogP contribution in [-0.2, 0) is 4.74 Å². The molecule has 0 amide bonds. The van der Waals surface area contributed by atoms with Crippen LogP contribution in [0.15, 0.2) is 22.1 Å². The highest BCUT2D eigenvalue weighted by Crippen LogP contribution is 2.52. The average molecular weight is 343 g/mol. The lowest BCUT2D eigenvalue weighted by atomic mass is 9.78. The van der Waals surface area contributed by atoms with Crippen LogP contribution in [0.5, 0.6) is 0 Å². The molecule has 4 heterocycles. The largest absolute Gasteiger partial charge is 0.398 e. The lowest BCUT2D eigenvalue weighted by Gasteiger charge is -2.30. The van der Waals surface area contributed by atoms with E-state index in [0.717, 1.165) is 0 Å². The summed E-state index contributed by atoms with van der Waals surface area (Å²) >= 11 is 0. The zero-order chi connectivity index (χ0) is 17.9. The third kappa shape index (κ3) is 2.17. The fourth-order valence-corrected chi connectivity index (χ4v) is 3.73. The van der Waals surface area contributed by atoms with Gasteiger partial charge in [-0.25, -0.2) is 4.99 Å². The monoisotopic (exact) mass is 343 g/mol. The van der Waals surface area contributed by atoms with Crippen molar-refractivity contribution in [1.29, 1.82) is 0 Å². The van der Waals surface area contributed by atoms with Gasteiger partial charge in [0, 0.05) is 28.8 Å². The van der Waals surface area contributed by atoms with Crippen molar-refractivity contribution < 1.29 is 9.84 Å². The Bertz CT molecular complexity index is 949. The maximum absolute atomic E-state index is 11.8. The van der Waals surface area contributed by atoms with Crippen molar-refractivity contribution in [2.24, 2.45) is 16.3 Å². The molecule has 1 fully saturated rings. The predicted molar refractivity (Wildman–Crippen MR) is 96.1 cm³/mol. The first-order valence-corrected chi connectivity index (χ1v) is 8.25. The van der Waals surface area contributed by atoms with Crippen molar-refractivity contribution in [3.63, 3.8) is 0 Å². The second kappa shape index (κ2) is 5.27. The van der Waals surface area contributed by atoms with E-state index in [1.807, 2.05) is 10.8 Å². The number of nitrogen functional groups attached to an aromatic ring is 1. The number of aliphatic hydroxyl groups excluding tert-OH is 1. The van der Waals surface area contributed by atoms with E-state index in [1.165, 1.54) is 12.4 Å². The zero-order valence-electron chi connectivity index (χ0n) is 14.4. The summed E-state index contributed by atoms with van der Waals surface area (Å²) in [6, 6.07) is 1.31. The van der Waals surface area contributed by atoms with Crippen molar-refractivity contribution in [3.05, 3.63) is 22.6 Å². The number of rotatable bonds is 2. The minimum absolute atomic E-state index is 0.0362. The highest BCUT2D eigenvalue weighted by Gasteiger charge is 2.49. The number of aliphatic hydroxyl groups is 1. The number of aromatic nitrogens is 2.